The molecule has 2 atom stereocenters. The number of nitrogens with one attached hydrogen (secondary N) is 1. The Morgan fingerprint density at radius 2 is 1.60 bits per heavy atom. The maximum Gasteiger partial charge on any atom is 0.347 e. The van der Waals surface area contributed by atoms with Crippen LogP contribution in [0.25, 0.3) is 16.6 Å². The second-order valence-electron chi connectivity index (χ2n) is 11.5. The van der Waals surface area contributed by atoms with Crippen LogP contribution >= 0.6 is 0 Å². The molecule has 4 heterocycles. The quantitative estimate of drug-likeness (QED) is 0.257. The van der Waals surface area contributed by atoms with E-state index in [0.717, 1.165) is 49.3 Å². The van der Waals surface area contributed by atoms with E-state index in [0.29, 0.717) is 17.0 Å². The molecule has 240 valence electrons. The largest absolute Gasteiger partial charge is 0.381 e. The van der Waals surface area contributed by atoms with Gasteiger partial charge in [0.2, 0.25) is 0 Å². The van der Waals surface area contributed by atoms with Crippen LogP contribution in [0, 0.1) is 11.6 Å². The molecule has 13 nitrogen and oxygen atoms in total. The van der Waals surface area contributed by atoms with Crippen LogP contribution in [0.5, 0.6) is 0 Å². The number of H-pyrrole nitrogens is 1. The number of piperazine rings is 1. The van der Waals surface area contributed by atoms with E-state index >= 15 is 4.39 Å². The first-order chi connectivity index (χ1) is 22.7. The van der Waals surface area contributed by atoms with Gasteiger partial charge in [-0.2, -0.15) is 10.2 Å². The molecule has 1 saturated heterocycles. The number of rotatable bonds is 8. The lowest BCUT2D eigenvalue weighted by molar-refractivity contribution is -0.0343. The van der Waals surface area contributed by atoms with Crippen molar-refractivity contribution in [2.24, 2.45) is 0 Å². The van der Waals surface area contributed by atoms with Gasteiger partial charge in [-0.25, -0.2) is 37.9 Å². The van der Waals surface area contributed by atoms with E-state index in [1.165, 1.54) is 45.2 Å². The molecular weight excluding hydrogens is 610 g/mol. The van der Waals surface area contributed by atoms with Crippen LogP contribution in [-0.2, 0) is 12.1 Å². The summed E-state index contributed by atoms with van der Waals surface area (Å²) in [6.07, 6.45) is 5.42. The van der Waals surface area contributed by atoms with Crippen LogP contribution in [0.3, 0.4) is 0 Å². The van der Waals surface area contributed by atoms with Crippen molar-refractivity contribution in [2.45, 2.75) is 25.1 Å². The third-order valence-electron chi connectivity index (χ3n) is 8.83. The summed E-state index contributed by atoms with van der Waals surface area (Å²) < 4.78 is 32.9. The van der Waals surface area contributed by atoms with E-state index in [2.05, 4.69) is 35.1 Å². The van der Waals surface area contributed by atoms with Gasteiger partial charge >= 0.3 is 5.69 Å². The fourth-order valence-corrected chi connectivity index (χ4v) is 6.15. The minimum absolute atomic E-state index is 0.187. The van der Waals surface area contributed by atoms with Crippen molar-refractivity contribution < 1.29 is 13.9 Å². The standard InChI is InChI=1S/C32H30F2N10O3/c1-21(32(47,16-42-18-35-17-38-42)27-9-2-22(33)14-28(27)34)43-19-36-29-15-25(7-8-26(29)30(43)45)41-12-10-40(11-13-41)23-3-5-24(6-4-23)44-20-37-39-31(44)46/h2-9,14-15,17-21,47H,10-13,16H2,1H3,(H,39,46)/t21-,32-/m1/s1. The molecule has 0 amide bonds. The molecule has 0 saturated carbocycles. The first-order valence-corrected chi connectivity index (χ1v) is 14.9. The molecule has 0 spiro atoms. The predicted octanol–water partition coefficient (Wildman–Crippen LogP) is 2.62. The Morgan fingerprint density at radius 1 is 0.894 bits per heavy atom. The molecule has 0 bridgehead atoms. The first-order valence-electron chi connectivity index (χ1n) is 14.9. The van der Waals surface area contributed by atoms with Gasteiger partial charge in [0, 0.05) is 49.2 Å². The van der Waals surface area contributed by atoms with E-state index in [1.54, 1.807) is 13.0 Å². The summed E-state index contributed by atoms with van der Waals surface area (Å²) in [7, 11) is 0. The zero-order valence-corrected chi connectivity index (χ0v) is 25.2. The van der Waals surface area contributed by atoms with E-state index in [4.69, 9.17) is 0 Å². The van der Waals surface area contributed by atoms with Gasteiger partial charge in [-0.3, -0.25) is 9.36 Å². The Hall–Kier alpha value is -5.70. The number of aliphatic hydroxyl groups is 1. The van der Waals surface area contributed by atoms with E-state index in [9.17, 15) is 19.1 Å². The smallest absolute Gasteiger partial charge is 0.347 e. The van der Waals surface area contributed by atoms with Crippen molar-refractivity contribution in [2.75, 3.05) is 36.0 Å². The summed E-state index contributed by atoms with van der Waals surface area (Å²) in [5, 5.41) is 22.5. The molecule has 0 radical (unpaired) electrons. The van der Waals surface area contributed by atoms with Crippen molar-refractivity contribution in [3.05, 3.63) is 124 Å². The summed E-state index contributed by atoms with van der Waals surface area (Å²) >= 11 is 0. The number of halogens is 2. The number of anilines is 2. The zero-order chi connectivity index (χ0) is 32.7. The van der Waals surface area contributed by atoms with Crippen molar-refractivity contribution >= 4 is 22.3 Å². The molecule has 6 aromatic rings. The van der Waals surface area contributed by atoms with Gasteiger partial charge in [0.15, 0.2) is 0 Å². The van der Waals surface area contributed by atoms with Crippen LogP contribution in [-0.4, -0.2) is 70.4 Å². The average Bonchev–Trinajstić information content (AvgIpc) is 3.76. The Bertz CT molecular complexity index is 2150. The molecular formula is C32H30F2N10O3. The first kappa shape index (κ1) is 30.0. The molecule has 1 aliphatic rings. The Kier molecular flexibility index (Phi) is 7.60. The van der Waals surface area contributed by atoms with Crippen LogP contribution in [0.15, 0.2) is 95.6 Å². The van der Waals surface area contributed by atoms with Crippen LogP contribution in [0.4, 0.5) is 20.2 Å². The van der Waals surface area contributed by atoms with E-state index < -0.39 is 28.8 Å². The highest BCUT2D eigenvalue weighted by Crippen LogP contribution is 2.36. The van der Waals surface area contributed by atoms with Gasteiger partial charge in [-0.15, -0.1) is 0 Å². The van der Waals surface area contributed by atoms with Crippen LogP contribution in [0.1, 0.15) is 18.5 Å². The maximum atomic E-state index is 15.1. The zero-order valence-electron chi connectivity index (χ0n) is 25.2. The summed E-state index contributed by atoms with van der Waals surface area (Å²) in [6, 6.07) is 15.1. The second-order valence-corrected chi connectivity index (χ2v) is 11.5. The molecule has 2 N–H and O–H groups in total. The fourth-order valence-electron chi connectivity index (χ4n) is 6.15. The predicted molar refractivity (Wildman–Crippen MR) is 170 cm³/mol. The Labute approximate surface area is 266 Å². The number of aromatic nitrogens is 8. The maximum absolute atomic E-state index is 15.1. The molecule has 7 rings (SSSR count). The van der Waals surface area contributed by atoms with Crippen LogP contribution in [0.2, 0.25) is 0 Å². The number of fused-ring (bicyclic) bond motifs is 1. The topological polar surface area (TPSA) is 143 Å². The monoisotopic (exact) mass is 640 g/mol. The molecule has 0 aliphatic carbocycles. The Morgan fingerprint density at radius 3 is 2.26 bits per heavy atom. The number of hydrogen-bond acceptors (Lipinski definition) is 9. The lowest BCUT2D eigenvalue weighted by atomic mass is 9.86. The summed E-state index contributed by atoms with van der Waals surface area (Å²) in [6.45, 7) is 4.33. The number of nitrogens with zero attached hydrogens (tertiary/aromatic N) is 9. The van der Waals surface area contributed by atoms with Gasteiger partial charge in [0.05, 0.1) is 35.5 Å². The normalized spacial score (nSPS) is 15.6. The third kappa shape index (κ3) is 5.54. The lowest BCUT2D eigenvalue weighted by Crippen LogP contribution is -2.46. The highest BCUT2D eigenvalue weighted by Gasteiger charge is 2.41. The molecule has 3 aromatic carbocycles. The minimum Gasteiger partial charge on any atom is -0.381 e. The van der Waals surface area contributed by atoms with Gasteiger partial charge in [0.1, 0.15) is 36.2 Å². The molecule has 1 fully saturated rings. The molecule has 47 heavy (non-hydrogen) atoms. The minimum atomic E-state index is -2.01. The molecule has 1 aliphatic heterocycles. The summed E-state index contributed by atoms with van der Waals surface area (Å²) in [4.78, 5) is 38.6. The highest BCUT2D eigenvalue weighted by molar-refractivity contribution is 5.81. The number of aromatic amines is 1. The van der Waals surface area contributed by atoms with E-state index in [1.807, 2.05) is 36.4 Å². The van der Waals surface area contributed by atoms with Gasteiger partial charge in [-0.05, 0) is 55.5 Å². The second kappa shape index (κ2) is 11.9. The van der Waals surface area contributed by atoms with Crippen molar-refractivity contribution in [3.63, 3.8) is 0 Å². The lowest BCUT2D eigenvalue weighted by Gasteiger charge is -2.37. The average molecular weight is 641 g/mol. The Balaban J connectivity index is 1.11. The molecule has 0 unspecified atom stereocenters. The molecule has 15 heteroatoms. The van der Waals surface area contributed by atoms with Crippen molar-refractivity contribution in [1.29, 1.82) is 0 Å². The van der Waals surface area contributed by atoms with Crippen molar-refractivity contribution in [1.82, 2.24) is 39.1 Å². The fraction of sp³-hybridized carbons (Fsp3) is 0.250. The highest BCUT2D eigenvalue weighted by atomic mass is 19.1. The van der Waals surface area contributed by atoms with Gasteiger partial charge in [0.25, 0.3) is 5.56 Å². The van der Waals surface area contributed by atoms with Gasteiger partial charge in [-0.1, -0.05) is 6.07 Å². The van der Waals surface area contributed by atoms with Crippen molar-refractivity contribution in [3.8, 4) is 5.69 Å². The number of benzene rings is 3. The van der Waals surface area contributed by atoms with E-state index in [-0.39, 0.29) is 17.8 Å². The summed E-state index contributed by atoms with van der Waals surface area (Å²) in [5.41, 5.74) is 0.260. The SMILES string of the molecule is C[C@@H](n1cnc2cc(N3CCN(c4ccc(-n5cn[nH]c5=O)cc4)CC3)ccc2c1=O)[C@](O)(Cn1cncn1)c1ccc(F)cc1F. The molecule has 3 aromatic heterocycles. The number of hydrogen-bond donors (Lipinski definition) is 2. The summed E-state index contributed by atoms with van der Waals surface area (Å²) in [5.74, 6) is -1.74. The van der Waals surface area contributed by atoms with Crippen LogP contribution < -0.4 is 21.0 Å². The van der Waals surface area contributed by atoms with Gasteiger partial charge < -0.3 is 14.9 Å². The third-order valence-corrected chi connectivity index (χ3v) is 8.83.